The van der Waals surface area contributed by atoms with Crippen LogP contribution in [-0.4, -0.2) is 11.9 Å². The first-order valence-corrected chi connectivity index (χ1v) is 10.1. The smallest absolute Gasteiger partial charge is 0.417 e. The number of alkyl halides is 3. The molecule has 2 aromatic carbocycles. The molecule has 178 valence electrons. The number of hydrogen-bond acceptors (Lipinski definition) is 5. The van der Waals surface area contributed by atoms with E-state index in [0.717, 1.165) is 6.07 Å². The largest absolute Gasteiger partial charge is 0.448 e. The number of rotatable bonds is 5. The molecule has 3 rings (SSSR count). The zero-order valence-electron chi connectivity index (χ0n) is 18.8. The number of hydrogen-bond donors (Lipinski definition) is 0. The zero-order chi connectivity index (χ0) is 25.8. The van der Waals surface area contributed by atoms with E-state index >= 15 is 0 Å². The third kappa shape index (κ3) is 6.51. The number of benzene rings is 2. The summed E-state index contributed by atoms with van der Waals surface area (Å²) in [7, 11) is 0. The monoisotopic (exact) mass is 480 g/mol. The molecule has 0 radical (unpaired) electrons. The summed E-state index contributed by atoms with van der Waals surface area (Å²) >= 11 is 0. The van der Waals surface area contributed by atoms with Crippen LogP contribution < -0.4 is 9.47 Å². The highest BCUT2D eigenvalue weighted by atomic mass is 19.4. The second-order valence-corrected chi connectivity index (χ2v) is 7.48. The van der Waals surface area contributed by atoms with Crippen molar-refractivity contribution in [3.8, 4) is 34.7 Å². The Balaban J connectivity index is 1.82. The quantitative estimate of drug-likeness (QED) is 0.185. The summed E-state index contributed by atoms with van der Waals surface area (Å²) in [6.45, 7) is 9.83. The van der Waals surface area contributed by atoms with E-state index in [0.29, 0.717) is 23.1 Å². The third-order valence-corrected chi connectivity index (χ3v) is 4.48. The molecule has 1 heterocycles. The van der Waals surface area contributed by atoms with Gasteiger partial charge >= 0.3 is 18.1 Å². The summed E-state index contributed by atoms with van der Waals surface area (Å²) in [5.41, 5.74) is -0.399. The Labute approximate surface area is 199 Å². The Morgan fingerprint density at radius 2 is 1.40 bits per heavy atom. The van der Waals surface area contributed by atoms with E-state index in [4.69, 9.17) is 13.9 Å². The second kappa shape index (κ2) is 10.2. The van der Waals surface area contributed by atoms with Gasteiger partial charge in [-0.05, 0) is 74.4 Å². The highest BCUT2D eigenvalue weighted by Gasteiger charge is 2.34. The molecule has 0 N–H and O–H groups in total. The van der Waals surface area contributed by atoms with Crippen molar-refractivity contribution in [1.82, 2.24) is 0 Å². The van der Waals surface area contributed by atoms with Gasteiger partial charge in [-0.15, -0.1) is 0 Å². The first-order valence-electron chi connectivity index (χ1n) is 10.1. The summed E-state index contributed by atoms with van der Waals surface area (Å²) in [4.78, 5) is 23.2. The van der Waals surface area contributed by atoms with Gasteiger partial charge in [0.1, 0.15) is 17.3 Å². The third-order valence-electron chi connectivity index (χ3n) is 4.48. The number of ether oxygens (including phenoxy) is 2. The van der Waals surface area contributed by atoms with Crippen molar-refractivity contribution >= 4 is 11.9 Å². The van der Waals surface area contributed by atoms with Crippen molar-refractivity contribution in [2.24, 2.45) is 0 Å². The van der Waals surface area contributed by atoms with Crippen LogP contribution in [0.1, 0.15) is 30.7 Å². The number of carbonyl (C=O) groups is 2. The molecule has 5 nitrogen and oxygen atoms in total. The molecule has 0 bridgehead atoms. The first-order chi connectivity index (χ1) is 16.4. The summed E-state index contributed by atoms with van der Waals surface area (Å²) in [5.74, 6) is 4.27. The van der Waals surface area contributed by atoms with Gasteiger partial charge in [-0.2, -0.15) is 13.2 Å². The van der Waals surface area contributed by atoms with E-state index in [1.807, 2.05) is 0 Å². The average molecular weight is 480 g/mol. The van der Waals surface area contributed by atoms with Crippen LogP contribution in [0, 0.1) is 11.8 Å². The fraction of sp³-hybridized carbons (Fsp3) is 0.111. The van der Waals surface area contributed by atoms with E-state index in [9.17, 15) is 22.8 Å². The minimum atomic E-state index is -4.72. The Kier molecular flexibility index (Phi) is 7.31. The van der Waals surface area contributed by atoms with E-state index < -0.39 is 23.7 Å². The molecule has 0 spiro atoms. The predicted octanol–water partition coefficient (Wildman–Crippen LogP) is 6.33. The molecule has 0 aliphatic rings. The van der Waals surface area contributed by atoms with Gasteiger partial charge in [0.05, 0.1) is 5.56 Å². The number of esters is 2. The number of carbonyl (C=O) groups excluding carboxylic acids is 2. The molecule has 0 aliphatic carbocycles. The summed E-state index contributed by atoms with van der Waals surface area (Å²) in [6, 6.07) is 12.6. The molecule has 0 unspecified atom stereocenters. The highest BCUT2D eigenvalue weighted by molar-refractivity contribution is 5.89. The Morgan fingerprint density at radius 1 is 0.829 bits per heavy atom. The fourth-order valence-corrected chi connectivity index (χ4v) is 2.70. The van der Waals surface area contributed by atoms with Gasteiger partial charge in [0.15, 0.2) is 5.76 Å². The second-order valence-electron chi connectivity index (χ2n) is 7.48. The molecule has 0 atom stereocenters. The van der Waals surface area contributed by atoms with Crippen LogP contribution in [-0.2, 0) is 15.8 Å². The Bertz CT molecular complexity index is 1370. The minimum Gasteiger partial charge on any atom is -0.448 e. The SMILES string of the molecule is C=C(C)C(=O)Oc1ccc(-c2ccc(C#Cc3ccc(OC(=O)C(=C)C)cc3C(F)(F)F)o2)cc1. The van der Waals surface area contributed by atoms with Gasteiger partial charge in [0, 0.05) is 22.3 Å². The van der Waals surface area contributed by atoms with Crippen molar-refractivity contribution in [2.75, 3.05) is 0 Å². The summed E-state index contributed by atoms with van der Waals surface area (Å²) in [5, 5.41) is 0. The molecule has 0 saturated heterocycles. The number of furan rings is 1. The average Bonchev–Trinajstić information content (AvgIpc) is 3.27. The van der Waals surface area contributed by atoms with Gasteiger partial charge < -0.3 is 13.9 Å². The van der Waals surface area contributed by atoms with E-state index in [1.54, 1.807) is 30.3 Å². The molecule has 3 aromatic rings. The van der Waals surface area contributed by atoms with Crippen LogP contribution >= 0.6 is 0 Å². The Hall–Kier alpha value is -4.51. The van der Waals surface area contributed by atoms with E-state index in [-0.39, 0.29) is 28.2 Å². The van der Waals surface area contributed by atoms with Crippen LogP contribution in [0.2, 0.25) is 0 Å². The van der Waals surface area contributed by atoms with Gasteiger partial charge in [0.2, 0.25) is 0 Å². The Morgan fingerprint density at radius 3 is 1.97 bits per heavy atom. The zero-order valence-corrected chi connectivity index (χ0v) is 18.8. The van der Waals surface area contributed by atoms with Crippen molar-refractivity contribution < 1.29 is 36.7 Å². The van der Waals surface area contributed by atoms with Crippen molar-refractivity contribution in [3.05, 3.63) is 95.8 Å². The molecule has 0 fully saturated rings. The van der Waals surface area contributed by atoms with Crippen molar-refractivity contribution in [1.29, 1.82) is 0 Å². The first kappa shape index (κ1) is 25.1. The maximum Gasteiger partial charge on any atom is 0.417 e. The van der Waals surface area contributed by atoms with Crippen molar-refractivity contribution in [2.45, 2.75) is 20.0 Å². The van der Waals surface area contributed by atoms with Crippen LogP contribution in [0.25, 0.3) is 11.3 Å². The number of halogens is 3. The molecule has 0 saturated carbocycles. The van der Waals surface area contributed by atoms with Crippen LogP contribution in [0.4, 0.5) is 13.2 Å². The predicted molar refractivity (Wildman–Crippen MR) is 122 cm³/mol. The van der Waals surface area contributed by atoms with Gasteiger partial charge in [0.25, 0.3) is 0 Å². The lowest BCUT2D eigenvalue weighted by atomic mass is 10.1. The summed E-state index contributed by atoms with van der Waals surface area (Å²) < 4.78 is 56.3. The molecular formula is C27H19F3O5. The highest BCUT2D eigenvalue weighted by Crippen LogP contribution is 2.34. The standard InChI is InChI=1S/C27H19F3O5/c1-16(2)25(31)34-21-10-7-19(8-11-21)24-14-13-20(33-24)9-5-18-6-12-22(35-26(32)17(3)4)15-23(18)27(28,29)30/h6-8,10-15H,1,3H2,2,4H3. The molecule has 0 aliphatic heterocycles. The fourth-order valence-electron chi connectivity index (χ4n) is 2.70. The van der Waals surface area contributed by atoms with Gasteiger partial charge in [-0.25, -0.2) is 9.59 Å². The van der Waals surface area contributed by atoms with E-state index in [1.165, 1.54) is 26.0 Å². The minimum absolute atomic E-state index is 0.0542. The lowest BCUT2D eigenvalue weighted by molar-refractivity contribution is -0.138. The molecule has 1 aromatic heterocycles. The summed E-state index contributed by atoms with van der Waals surface area (Å²) in [6.07, 6.45) is -4.72. The maximum atomic E-state index is 13.5. The molecule has 35 heavy (non-hydrogen) atoms. The van der Waals surface area contributed by atoms with Crippen LogP contribution in [0.5, 0.6) is 11.5 Å². The lowest BCUT2D eigenvalue weighted by Crippen LogP contribution is -2.11. The van der Waals surface area contributed by atoms with Gasteiger partial charge in [-0.3, -0.25) is 0 Å². The molecular weight excluding hydrogens is 461 g/mol. The van der Waals surface area contributed by atoms with Crippen LogP contribution in [0.15, 0.2) is 83.3 Å². The van der Waals surface area contributed by atoms with Crippen LogP contribution in [0.3, 0.4) is 0 Å². The molecule has 0 amide bonds. The normalized spacial score (nSPS) is 10.7. The lowest BCUT2D eigenvalue weighted by Gasteiger charge is -2.11. The topological polar surface area (TPSA) is 65.7 Å². The maximum absolute atomic E-state index is 13.5. The van der Waals surface area contributed by atoms with Gasteiger partial charge in [-0.1, -0.05) is 19.1 Å². The molecule has 8 heteroatoms. The van der Waals surface area contributed by atoms with E-state index in [2.05, 4.69) is 25.0 Å². The van der Waals surface area contributed by atoms with Crippen molar-refractivity contribution in [3.63, 3.8) is 0 Å².